The van der Waals surface area contributed by atoms with Crippen LogP contribution in [0.15, 0.2) is 54.7 Å². The van der Waals surface area contributed by atoms with Crippen LogP contribution in [0.2, 0.25) is 0 Å². The lowest BCUT2D eigenvalue weighted by atomic mass is 10.2. The summed E-state index contributed by atoms with van der Waals surface area (Å²) >= 11 is 0. The van der Waals surface area contributed by atoms with Crippen molar-refractivity contribution in [1.82, 2.24) is 9.55 Å². The number of ether oxygens (including phenoxy) is 2. The maximum atomic E-state index is 11.5. The monoisotopic (exact) mass is 323 g/mol. The number of nitrogens with two attached hydrogens (primary N) is 1. The number of rotatable bonds is 5. The molecule has 0 saturated heterocycles. The summed E-state index contributed by atoms with van der Waals surface area (Å²) in [5, 5.41) is 0. The van der Waals surface area contributed by atoms with Gasteiger partial charge in [-0.3, -0.25) is 9.36 Å². The lowest BCUT2D eigenvalue weighted by Gasteiger charge is -2.09. The molecule has 0 saturated carbocycles. The van der Waals surface area contributed by atoms with Gasteiger partial charge in [0.15, 0.2) is 0 Å². The predicted molar refractivity (Wildman–Crippen MR) is 90.6 cm³/mol. The van der Waals surface area contributed by atoms with E-state index in [2.05, 4.69) is 4.98 Å². The van der Waals surface area contributed by atoms with Gasteiger partial charge >= 0.3 is 0 Å². The van der Waals surface area contributed by atoms with Gasteiger partial charge in [0.2, 0.25) is 0 Å². The highest BCUT2D eigenvalue weighted by Crippen LogP contribution is 2.26. The van der Waals surface area contributed by atoms with Crippen LogP contribution in [-0.2, 0) is 0 Å². The highest BCUT2D eigenvalue weighted by Gasteiger charge is 2.15. The van der Waals surface area contributed by atoms with Crippen molar-refractivity contribution >= 4 is 5.91 Å². The Bertz CT molecular complexity index is 787. The van der Waals surface area contributed by atoms with Crippen molar-refractivity contribution in [2.24, 2.45) is 5.73 Å². The molecule has 2 N–H and O–H groups in total. The Labute approximate surface area is 139 Å². The molecule has 0 radical (unpaired) electrons. The fourth-order valence-electron chi connectivity index (χ4n) is 2.38. The van der Waals surface area contributed by atoms with E-state index in [0.717, 1.165) is 22.7 Å². The number of hydrogen-bond acceptors (Lipinski definition) is 4. The summed E-state index contributed by atoms with van der Waals surface area (Å²) in [7, 11) is 3.22. The number of aromatic nitrogens is 2. The van der Waals surface area contributed by atoms with Gasteiger partial charge in [-0.25, -0.2) is 4.98 Å². The Kier molecular flexibility index (Phi) is 4.20. The molecular weight excluding hydrogens is 306 g/mol. The van der Waals surface area contributed by atoms with Crippen molar-refractivity contribution in [2.75, 3.05) is 14.2 Å². The molecule has 0 spiro atoms. The number of primary amides is 1. The number of methoxy groups -OCH3 is 2. The minimum Gasteiger partial charge on any atom is -0.497 e. The first kappa shape index (κ1) is 15.6. The second-order valence-corrected chi connectivity index (χ2v) is 5.11. The smallest absolute Gasteiger partial charge is 0.268 e. The van der Waals surface area contributed by atoms with Crippen molar-refractivity contribution in [2.45, 2.75) is 0 Å². The van der Waals surface area contributed by atoms with Gasteiger partial charge in [-0.05, 0) is 48.5 Å². The van der Waals surface area contributed by atoms with Gasteiger partial charge in [0.1, 0.15) is 23.0 Å². The molecule has 6 nitrogen and oxygen atoms in total. The number of amides is 1. The molecule has 0 aliphatic heterocycles. The highest BCUT2D eigenvalue weighted by atomic mass is 16.5. The number of carbonyl (C=O) groups excluding carboxylic acids is 1. The molecule has 0 aliphatic carbocycles. The summed E-state index contributed by atoms with van der Waals surface area (Å²) in [5.41, 5.74) is 7.29. The highest BCUT2D eigenvalue weighted by molar-refractivity contribution is 5.91. The molecule has 3 rings (SSSR count). The fourth-order valence-corrected chi connectivity index (χ4v) is 2.38. The van der Waals surface area contributed by atoms with Crippen LogP contribution in [-0.4, -0.2) is 29.7 Å². The lowest BCUT2D eigenvalue weighted by Crippen LogP contribution is -2.11. The Morgan fingerprint density at radius 2 is 1.50 bits per heavy atom. The van der Waals surface area contributed by atoms with Gasteiger partial charge in [-0.2, -0.15) is 0 Å². The van der Waals surface area contributed by atoms with Crippen LogP contribution in [0, 0.1) is 0 Å². The zero-order valence-electron chi connectivity index (χ0n) is 13.4. The van der Waals surface area contributed by atoms with Crippen molar-refractivity contribution in [3.63, 3.8) is 0 Å². The molecule has 1 aromatic heterocycles. The summed E-state index contributed by atoms with van der Waals surface area (Å²) < 4.78 is 12.2. The van der Waals surface area contributed by atoms with Crippen molar-refractivity contribution in [3.8, 4) is 28.6 Å². The van der Waals surface area contributed by atoms with Gasteiger partial charge < -0.3 is 15.2 Å². The van der Waals surface area contributed by atoms with Gasteiger partial charge in [0, 0.05) is 17.4 Å². The minimum absolute atomic E-state index is 0.205. The number of hydrogen-bond donors (Lipinski definition) is 1. The summed E-state index contributed by atoms with van der Waals surface area (Å²) in [6, 6.07) is 14.9. The quantitative estimate of drug-likeness (QED) is 0.783. The van der Waals surface area contributed by atoms with Crippen LogP contribution < -0.4 is 15.2 Å². The molecular formula is C18H17N3O3. The largest absolute Gasteiger partial charge is 0.497 e. The molecule has 0 atom stereocenters. The maximum absolute atomic E-state index is 11.5. The normalized spacial score (nSPS) is 10.4. The zero-order valence-corrected chi connectivity index (χ0v) is 13.4. The topological polar surface area (TPSA) is 79.4 Å². The van der Waals surface area contributed by atoms with Gasteiger partial charge in [-0.15, -0.1) is 0 Å². The molecule has 0 bridgehead atoms. The average molecular weight is 323 g/mol. The Morgan fingerprint density at radius 1 is 0.958 bits per heavy atom. The van der Waals surface area contributed by atoms with Crippen molar-refractivity contribution in [3.05, 3.63) is 60.4 Å². The van der Waals surface area contributed by atoms with Crippen LogP contribution in [0.3, 0.4) is 0 Å². The Balaban J connectivity index is 2.10. The number of nitrogens with zero attached hydrogens (tertiary/aromatic N) is 2. The fraction of sp³-hybridized carbons (Fsp3) is 0.111. The predicted octanol–water partition coefficient (Wildman–Crippen LogP) is 2.66. The summed E-state index contributed by atoms with van der Waals surface area (Å²) in [5.74, 6) is 1.55. The average Bonchev–Trinajstić information content (AvgIpc) is 3.07. The molecule has 3 aromatic rings. The molecule has 122 valence electrons. The SMILES string of the molecule is COc1ccc(-c2nc(C(N)=O)cn2-c2ccc(OC)cc2)cc1. The summed E-state index contributed by atoms with van der Waals surface area (Å²) in [6.07, 6.45) is 1.63. The van der Waals surface area contributed by atoms with Crippen LogP contribution >= 0.6 is 0 Å². The van der Waals surface area contributed by atoms with Gasteiger partial charge in [0.25, 0.3) is 5.91 Å². The Hall–Kier alpha value is -3.28. The second kappa shape index (κ2) is 6.45. The third-order valence-electron chi connectivity index (χ3n) is 3.66. The van der Waals surface area contributed by atoms with Crippen LogP contribution in [0.1, 0.15) is 10.5 Å². The van der Waals surface area contributed by atoms with Crippen LogP contribution in [0.5, 0.6) is 11.5 Å². The van der Waals surface area contributed by atoms with Crippen LogP contribution in [0.4, 0.5) is 0 Å². The molecule has 1 heterocycles. The van der Waals surface area contributed by atoms with Crippen molar-refractivity contribution < 1.29 is 14.3 Å². The first-order valence-corrected chi connectivity index (χ1v) is 7.30. The standard InChI is InChI=1S/C18H17N3O3/c1-23-14-7-3-12(4-8-14)18-20-16(17(19)22)11-21(18)13-5-9-15(24-2)10-6-13/h3-11H,1-2H3,(H2,19,22). The molecule has 0 unspecified atom stereocenters. The van der Waals surface area contributed by atoms with E-state index in [-0.39, 0.29) is 5.69 Å². The Morgan fingerprint density at radius 3 is 2.00 bits per heavy atom. The number of carbonyl (C=O) groups is 1. The molecule has 6 heteroatoms. The molecule has 1 amide bonds. The first-order valence-electron chi connectivity index (χ1n) is 7.30. The minimum atomic E-state index is -0.572. The molecule has 0 aliphatic rings. The van der Waals surface area contributed by atoms with E-state index in [0.29, 0.717) is 5.82 Å². The third-order valence-corrected chi connectivity index (χ3v) is 3.66. The zero-order chi connectivity index (χ0) is 17.1. The maximum Gasteiger partial charge on any atom is 0.268 e. The van der Waals surface area contributed by atoms with E-state index in [1.54, 1.807) is 20.4 Å². The van der Waals surface area contributed by atoms with E-state index < -0.39 is 5.91 Å². The summed E-state index contributed by atoms with van der Waals surface area (Å²) in [4.78, 5) is 15.9. The second-order valence-electron chi connectivity index (χ2n) is 5.11. The van der Waals surface area contributed by atoms with E-state index in [1.165, 1.54) is 0 Å². The number of benzene rings is 2. The van der Waals surface area contributed by atoms with E-state index in [1.807, 2.05) is 53.1 Å². The van der Waals surface area contributed by atoms with Gasteiger partial charge in [0.05, 0.1) is 14.2 Å². The summed E-state index contributed by atoms with van der Waals surface area (Å²) in [6.45, 7) is 0. The van der Waals surface area contributed by atoms with Crippen LogP contribution in [0.25, 0.3) is 17.1 Å². The number of imidazole rings is 1. The third kappa shape index (κ3) is 2.94. The molecule has 2 aromatic carbocycles. The molecule has 0 fully saturated rings. The first-order chi connectivity index (χ1) is 11.6. The van der Waals surface area contributed by atoms with E-state index in [9.17, 15) is 4.79 Å². The van der Waals surface area contributed by atoms with E-state index >= 15 is 0 Å². The van der Waals surface area contributed by atoms with Gasteiger partial charge in [-0.1, -0.05) is 0 Å². The molecule has 24 heavy (non-hydrogen) atoms. The van der Waals surface area contributed by atoms with E-state index in [4.69, 9.17) is 15.2 Å². The van der Waals surface area contributed by atoms with Crippen molar-refractivity contribution in [1.29, 1.82) is 0 Å². The lowest BCUT2D eigenvalue weighted by molar-refractivity contribution is 0.0996.